The second-order valence-electron chi connectivity index (χ2n) is 1.49. The fourth-order valence-electron chi connectivity index (χ4n) is 0. The van der Waals surface area contributed by atoms with E-state index in [1.165, 1.54) is 13.0 Å². The van der Waals surface area contributed by atoms with Gasteiger partial charge in [0.05, 0.1) is 6.61 Å². The molecule has 0 aromatic heterocycles. The Balaban J connectivity index is 0. The summed E-state index contributed by atoms with van der Waals surface area (Å²) in [4.78, 5) is 9.45. The molecule has 0 fully saturated rings. The molecule has 0 aliphatic carbocycles. The second-order valence-corrected chi connectivity index (χ2v) is 1.49. The summed E-state index contributed by atoms with van der Waals surface area (Å²) >= 11 is 0. The van der Waals surface area contributed by atoms with E-state index < -0.39 is 12.1 Å². The first-order chi connectivity index (χ1) is 4.56. The number of hydrogen-bond acceptors (Lipinski definition) is 3. The molecule has 10 heavy (non-hydrogen) atoms. The Hall–Kier alpha value is -0.870. The van der Waals surface area contributed by atoms with Crippen LogP contribution >= 0.6 is 0 Å². The molecular formula is C6H12O4. The minimum absolute atomic E-state index is 0.0833. The molecule has 0 aromatic rings. The van der Waals surface area contributed by atoms with Crippen LogP contribution in [0.25, 0.3) is 0 Å². The van der Waals surface area contributed by atoms with Crippen molar-refractivity contribution in [2.24, 2.45) is 0 Å². The van der Waals surface area contributed by atoms with Crippen molar-refractivity contribution in [3.05, 3.63) is 12.7 Å². The smallest absolute Gasteiger partial charge is 0.332 e. The fraction of sp³-hybridized carbons (Fsp3) is 0.500. The molecule has 3 N–H and O–H groups in total. The van der Waals surface area contributed by atoms with Crippen LogP contribution in [0.15, 0.2) is 12.7 Å². The molecule has 4 heteroatoms. The number of carboxylic acids is 1. The number of carboxylic acid groups (broad SMARTS) is 1. The summed E-state index contributed by atoms with van der Waals surface area (Å²) in [6.07, 6.45) is 0.199. The SMILES string of the molecule is C=CCO.CC(O)C(=O)O. The Morgan fingerprint density at radius 3 is 2.00 bits per heavy atom. The molecule has 0 rings (SSSR count). The summed E-state index contributed by atoms with van der Waals surface area (Å²) in [5, 5.41) is 23.5. The van der Waals surface area contributed by atoms with Gasteiger partial charge in [0.25, 0.3) is 0 Å². The molecule has 1 unspecified atom stereocenters. The molecule has 4 nitrogen and oxygen atoms in total. The van der Waals surface area contributed by atoms with Gasteiger partial charge >= 0.3 is 5.97 Å². The van der Waals surface area contributed by atoms with E-state index in [0.29, 0.717) is 0 Å². The topological polar surface area (TPSA) is 77.8 Å². The summed E-state index contributed by atoms with van der Waals surface area (Å²) in [6, 6.07) is 0. The maximum Gasteiger partial charge on any atom is 0.332 e. The van der Waals surface area contributed by atoms with Gasteiger partial charge in [-0.05, 0) is 6.92 Å². The lowest BCUT2D eigenvalue weighted by molar-refractivity contribution is -0.145. The highest BCUT2D eigenvalue weighted by atomic mass is 16.4. The van der Waals surface area contributed by atoms with Gasteiger partial charge in [0.1, 0.15) is 6.10 Å². The summed E-state index contributed by atoms with van der Waals surface area (Å²) in [7, 11) is 0. The summed E-state index contributed by atoms with van der Waals surface area (Å²) < 4.78 is 0. The first-order valence-corrected chi connectivity index (χ1v) is 2.68. The van der Waals surface area contributed by atoms with Crippen molar-refractivity contribution in [3.63, 3.8) is 0 Å². The first-order valence-electron chi connectivity index (χ1n) is 2.68. The minimum atomic E-state index is -1.23. The number of rotatable bonds is 2. The zero-order valence-corrected chi connectivity index (χ0v) is 5.82. The number of aliphatic hydroxyl groups is 2. The maximum absolute atomic E-state index is 9.45. The van der Waals surface area contributed by atoms with Gasteiger partial charge in [0, 0.05) is 0 Å². The van der Waals surface area contributed by atoms with Crippen molar-refractivity contribution >= 4 is 5.97 Å². The Morgan fingerprint density at radius 2 is 2.00 bits per heavy atom. The van der Waals surface area contributed by atoms with Crippen molar-refractivity contribution in [2.45, 2.75) is 13.0 Å². The van der Waals surface area contributed by atoms with E-state index in [0.717, 1.165) is 0 Å². The van der Waals surface area contributed by atoms with E-state index in [4.69, 9.17) is 15.3 Å². The Bertz CT molecular complexity index is 97.9. The fourth-order valence-corrected chi connectivity index (χ4v) is 0. The molecule has 0 radical (unpaired) electrons. The van der Waals surface area contributed by atoms with Crippen LogP contribution in [-0.4, -0.2) is 34.0 Å². The average molecular weight is 148 g/mol. The summed E-state index contributed by atoms with van der Waals surface area (Å²) in [5.41, 5.74) is 0. The summed E-state index contributed by atoms with van der Waals surface area (Å²) in [6.45, 7) is 4.51. The molecule has 0 bridgehead atoms. The number of carbonyl (C=O) groups is 1. The molecule has 0 aliphatic rings. The standard InChI is InChI=1S/C3H6O3.C3H6O/c1-2(4)3(5)6;1-2-3-4/h2,4H,1H3,(H,5,6);2,4H,1,3H2. The van der Waals surface area contributed by atoms with Crippen LogP contribution < -0.4 is 0 Å². The van der Waals surface area contributed by atoms with Crippen molar-refractivity contribution in [2.75, 3.05) is 6.61 Å². The maximum atomic E-state index is 9.45. The normalized spacial score (nSPS) is 10.7. The highest BCUT2D eigenvalue weighted by Gasteiger charge is 2.01. The molecular weight excluding hydrogens is 136 g/mol. The Labute approximate surface area is 59.4 Å². The zero-order valence-electron chi connectivity index (χ0n) is 5.82. The van der Waals surface area contributed by atoms with Gasteiger partial charge in [0.15, 0.2) is 0 Å². The highest BCUT2D eigenvalue weighted by molar-refractivity contribution is 5.71. The number of aliphatic carboxylic acids is 1. The van der Waals surface area contributed by atoms with Gasteiger partial charge in [0.2, 0.25) is 0 Å². The van der Waals surface area contributed by atoms with Crippen LogP contribution in [0.3, 0.4) is 0 Å². The minimum Gasteiger partial charge on any atom is -0.479 e. The Kier molecular flexibility index (Phi) is 9.65. The van der Waals surface area contributed by atoms with Crippen LogP contribution in [0.4, 0.5) is 0 Å². The lowest BCUT2D eigenvalue weighted by atomic mass is 10.4. The van der Waals surface area contributed by atoms with Crippen LogP contribution in [0.5, 0.6) is 0 Å². The second kappa shape index (κ2) is 8.13. The molecule has 0 aromatic carbocycles. The predicted molar refractivity (Wildman–Crippen MR) is 36.6 cm³/mol. The monoisotopic (exact) mass is 148 g/mol. The lowest BCUT2D eigenvalue weighted by Gasteiger charge is -1.89. The zero-order chi connectivity index (χ0) is 8.57. The molecule has 0 saturated carbocycles. The van der Waals surface area contributed by atoms with Gasteiger partial charge in [-0.15, -0.1) is 6.58 Å². The van der Waals surface area contributed by atoms with E-state index in [1.807, 2.05) is 0 Å². The predicted octanol–water partition coefficient (Wildman–Crippen LogP) is -0.384. The van der Waals surface area contributed by atoms with Crippen LogP contribution in [-0.2, 0) is 4.79 Å². The number of aliphatic hydroxyl groups excluding tert-OH is 2. The molecule has 60 valence electrons. The third-order valence-corrected chi connectivity index (χ3v) is 0.486. The van der Waals surface area contributed by atoms with Crippen molar-refractivity contribution in [3.8, 4) is 0 Å². The molecule has 0 heterocycles. The average Bonchev–Trinajstić information content (AvgIpc) is 1.89. The van der Waals surface area contributed by atoms with E-state index in [1.54, 1.807) is 0 Å². The highest BCUT2D eigenvalue weighted by Crippen LogP contribution is 1.73. The number of hydrogen-bond donors (Lipinski definition) is 3. The van der Waals surface area contributed by atoms with Crippen molar-refractivity contribution in [1.29, 1.82) is 0 Å². The van der Waals surface area contributed by atoms with Gasteiger partial charge in [-0.1, -0.05) is 6.08 Å². The Morgan fingerprint density at radius 1 is 1.80 bits per heavy atom. The van der Waals surface area contributed by atoms with Gasteiger partial charge in [-0.2, -0.15) is 0 Å². The quantitative estimate of drug-likeness (QED) is 0.466. The molecule has 0 spiro atoms. The first kappa shape index (κ1) is 11.9. The van der Waals surface area contributed by atoms with Gasteiger partial charge < -0.3 is 15.3 Å². The molecule has 0 aliphatic heterocycles. The van der Waals surface area contributed by atoms with E-state index >= 15 is 0 Å². The summed E-state index contributed by atoms with van der Waals surface area (Å²) in [5.74, 6) is -1.19. The van der Waals surface area contributed by atoms with Gasteiger partial charge in [-0.25, -0.2) is 4.79 Å². The van der Waals surface area contributed by atoms with Crippen LogP contribution in [0, 0.1) is 0 Å². The molecule has 1 atom stereocenters. The largest absolute Gasteiger partial charge is 0.479 e. The van der Waals surface area contributed by atoms with Gasteiger partial charge in [-0.3, -0.25) is 0 Å². The van der Waals surface area contributed by atoms with E-state index in [2.05, 4.69) is 6.58 Å². The van der Waals surface area contributed by atoms with E-state index in [-0.39, 0.29) is 6.61 Å². The van der Waals surface area contributed by atoms with Crippen molar-refractivity contribution in [1.82, 2.24) is 0 Å². The van der Waals surface area contributed by atoms with Crippen molar-refractivity contribution < 1.29 is 20.1 Å². The van der Waals surface area contributed by atoms with E-state index in [9.17, 15) is 4.79 Å². The lowest BCUT2D eigenvalue weighted by Crippen LogP contribution is -2.13. The molecule has 0 amide bonds. The third kappa shape index (κ3) is 15.7. The molecule has 0 saturated heterocycles. The van der Waals surface area contributed by atoms with Crippen LogP contribution in [0.2, 0.25) is 0 Å². The third-order valence-electron chi connectivity index (χ3n) is 0.486. The van der Waals surface area contributed by atoms with Crippen LogP contribution in [0.1, 0.15) is 6.92 Å².